The standard InChI is InChI=1S/C12H20N4O3/c1-8(2)10(11(17)18)14-12(19)16(4)7-9-13-5-6-15(9)3/h5-6,8,10H,7H2,1-4H3,(H,14,19)(H,17,18)/t10-/m1/s1. The van der Waals surface area contributed by atoms with Crippen LogP contribution in [0.2, 0.25) is 0 Å². The SMILES string of the molecule is CC(C)[C@@H](NC(=O)N(C)Cc1nccn1C)C(=O)O. The number of urea groups is 1. The topological polar surface area (TPSA) is 87.5 Å². The highest BCUT2D eigenvalue weighted by molar-refractivity contribution is 5.82. The van der Waals surface area contributed by atoms with Gasteiger partial charge in [0.15, 0.2) is 0 Å². The Hall–Kier alpha value is -2.05. The third kappa shape index (κ3) is 3.97. The van der Waals surface area contributed by atoms with Crippen LogP contribution in [0.25, 0.3) is 0 Å². The molecule has 7 nitrogen and oxygen atoms in total. The van der Waals surface area contributed by atoms with Crippen molar-refractivity contribution in [2.45, 2.75) is 26.4 Å². The van der Waals surface area contributed by atoms with Crippen molar-refractivity contribution in [3.8, 4) is 0 Å². The minimum atomic E-state index is -1.03. The Morgan fingerprint density at radius 3 is 2.58 bits per heavy atom. The minimum Gasteiger partial charge on any atom is -0.480 e. The van der Waals surface area contributed by atoms with Gasteiger partial charge in [-0.25, -0.2) is 14.6 Å². The first-order chi connectivity index (χ1) is 8.82. The molecule has 0 radical (unpaired) electrons. The fraction of sp³-hybridized carbons (Fsp3) is 0.583. The second kappa shape index (κ2) is 6.21. The molecule has 0 fully saturated rings. The molecule has 2 N–H and O–H groups in total. The zero-order valence-corrected chi connectivity index (χ0v) is 11.6. The fourth-order valence-corrected chi connectivity index (χ4v) is 1.59. The van der Waals surface area contributed by atoms with E-state index in [-0.39, 0.29) is 5.92 Å². The zero-order chi connectivity index (χ0) is 14.6. The van der Waals surface area contributed by atoms with E-state index in [1.165, 1.54) is 4.90 Å². The van der Waals surface area contributed by atoms with Gasteiger partial charge in [-0.1, -0.05) is 13.8 Å². The quantitative estimate of drug-likeness (QED) is 0.821. The highest BCUT2D eigenvalue weighted by atomic mass is 16.4. The maximum absolute atomic E-state index is 11.9. The van der Waals surface area contributed by atoms with Crippen molar-refractivity contribution in [1.29, 1.82) is 0 Å². The van der Waals surface area contributed by atoms with E-state index in [0.29, 0.717) is 6.54 Å². The maximum atomic E-state index is 11.9. The molecule has 0 unspecified atom stereocenters. The van der Waals surface area contributed by atoms with Gasteiger partial charge in [0.25, 0.3) is 0 Å². The van der Waals surface area contributed by atoms with Gasteiger partial charge >= 0.3 is 12.0 Å². The summed E-state index contributed by atoms with van der Waals surface area (Å²) >= 11 is 0. The molecule has 0 spiro atoms. The summed E-state index contributed by atoms with van der Waals surface area (Å²) in [6, 6.07) is -1.32. The predicted octanol–water partition coefficient (Wildman–Crippen LogP) is 0.671. The van der Waals surface area contributed by atoms with E-state index in [4.69, 9.17) is 5.11 Å². The highest BCUT2D eigenvalue weighted by Crippen LogP contribution is 2.04. The van der Waals surface area contributed by atoms with E-state index in [2.05, 4.69) is 10.3 Å². The minimum absolute atomic E-state index is 0.178. The number of rotatable bonds is 5. The molecule has 0 aromatic carbocycles. The second-order valence-corrected chi connectivity index (χ2v) is 4.82. The van der Waals surface area contributed by atoms with E-state index in [1.807, 2.05) is 7.05 Å². The lowest BCUT2D eigenvalue weighted by Gasteiger charge is -2.23. The summed E-state index contributed by atoms with van der Waals surface area (Å²) < 4.78 is 1.81. The molecular formula is C12H20N4O3. The average molecular weight is 268 g/mol. The zero-order valence-electron chi connectivity index (χ0n) is 11.6. The summed E-state index contributed by atoms with van der Waals surface area (Å²) in [5, 5.41) is 11.5. The monoisotopic (exact) mass is 268 g/mol. The van der Waals surface area contributed by atoms with Crippen LogP contribution in [0.5, 0.6) is 0 Å². The van der Waals surface area contributed by atoms with E-state index in [0.717, 1.165) is 5.82 Å². The highest BCUT2D eigenvalue weighted by Gasteiger charge is 2.25. The number of imidazole rings is 1. The van der Waals surface area contributed by atoms with Crippen LogP contribution >= 0.6 is 0 Å². The Morgan fingerprint density at radius 2 is 2.16 bits per heavy atom. The summed E-state index contributed by atoms with van der Waals surface area (Å²) in [4.78, 5) is 28.5. The number of amides is 2. The van der Waals surface area contributed by atoms with Gasteiger partial charge in [0.05, 0.1) is 6.54 Å². The van der Waals surface area contributed by atoms with Crippen molar-refractivity contribution in [2.75, 3.05) is 7.05 Å². The second-order valence-electron chi connectivity index (χ2n) is 4.82. The smallest absolute Gasteiger partial charge is 0.326 e. The molecule has 1 aromatic rings. The largest absolute Gasteiger partial charge is 0.480 e. The van der Waals surface area contributed by atoms with E-state index < -0.39 is 18.0 Å². The average Bonchev–Trinajstić information content (AvgIpc) is 2.70. The Kier molecular flexibility index (Phi) is 4.91. The lowest BCUT2D eigenvalue weighted by atomic mass is 10.1. The van der Waals surface area contributed by atoms with Crippen molar-refractivity contribution in [3.63, 3.8) is 0 Å². The van der Waals surface area contributed by atoms with Gasteiger partial charge < -0.3 is 19.9 Å². The molecule has 0 aliphatic carbocycles. The number of aliphatic carboxylic acids is 1. The molecule has 1 atom stereocenters. The first kappa shape index (κ1) is 15.0. The van der Waals surface area contributed by atoms with Gasteiger partial charge in [0, 0.05) is 26.5 Å². The molecule has 1 rings (SSSR count). The Morgan fingerprint density at radius 1 is 1.53 bits per heavy atom. The summed E-state index contributed by atoms with van der Waals surface area (Å²) in [6.45, 7) is 3.81. The summed E-state index contributed by atoms with van der Waals surface area (Å²) in [5.41, 5.74) is 0. The molecule has 19 heavy (non-hydrogen) atoms. The first-order valence-corrected chi connectivity index (χ1v) is 6.03. The lowest BCUT2D eigenvalue weighted by Crippen LogP contribution is -2.49. The Labute approximate surface area is 112 Å². The first-order valence-electron chi connectivity index (χ1n) is 6.03. The van der Waals surface area contributed by atoms with Crippen LogP contribution in [0.3, 0.4) is 0 Å². The van der Waals surface area contributed by atoms with Crippen molar-refractivity contribution in [1.82, 2.24) is 19.8 Å². The third-order valence-corrected chi connectivity index (χ3v) is 2.86. The van der Waals surface area contributed by atoms with Gasteiger partial charge in [0.2, 0.25) is 0 Å². The van der Waals surface area contributed by atoms with Crippen LogP contribution in [0.1, 0.15) is 19.7 Å². The molecular weight excluding hydrogens is 248 g/mol. The molecule has 0 saturated carbocycles. The number of hydrogen-bond donors (Lipinski definition) is 2. The van der Waals surface area contributed by atoms with Crippen LogP contribution in [0, 0.1) is 5.92 Å². The maximum Gasteiger partial charge on any atom is 0.326 e. The summed E-state index contributed by atoms with van der Waals surface area (Å²) in [6.07, 6.45) is 3.44. The molecule has 0 aliphatic rings. The van der Waals surface area contributed by atoms with Gasteiger partial charge in [-0.2, -0.15) is 0 Å². The molecule has 0 aliphatic heterocycles. The van der Waals surface area contributed by atoms with Crippen molar-refractivity contribution in [3.05, 3.63) is 18.2 Å². The molecule has 0 bridgehead atoms. The number of carbonyl (C=O) groups is 2. The number of aryl methyl sites for hydroxylation is 1. The van der Waals surface area contributed by atoms with E-state index >= 15 is 0 Å². The van der Waals surface area contributed by atoms with Crippen LogP contribution in [-0.2, 0) is 18.4 Å². The van der Waals surface area contributed by atoms with Gasteiger partial charge in [-0.15, -0.1) is 0 Å². The molecule has 0 saturated heterocycles. The molecule has 1 aromatic heterocycles. The van der Waals surface area contributed by atoms with E-state index in [9.17, 15) is 9.59 Å². The summed E-state index contributed by atoms with van der Waals surface area (Å²) in [5.74, 6) is -0.481. The lowest BCUT2D eigenvalue weighted by molar-refractivity contribution is -0.140. The number of nitrogens with zero attached hydrogens (tertiary/aromatic N) is 3. The molecule has 106 valence electrons. The van der Waals surface area contributed by atoms with Crippen molar-refractivity contribution >= 4 is 12.0 Å². The summed E-state index contributed by atoms with van der Waals surface area (Å²) in [7, 11) is 3.44. The number of hydrogen-bond acceptors (Lipinski definition) is 3. The van der Waals surface area contributed by atoms with Gasteiger partial charge in [0.1, 0.15) is 11.9 Å². The number of carboxylic acids is 1. The molecule has 7 heteroatoms. The number of carbonyl (C=O) groups excluding carboxylic acids is 1. The van der Waals surface area contributed by atoms with Crippen molar-refractivity contribution in [2.24, 2.45) is 13.0 Å². The van der Waals surface area contributed by atoms with Gasteiger partial charge in [-0.05, 0) is 5.92 Å². The third-order valence-electron chi connectivity index (χ3n) is 2.86. The van der Waals surface area contributed by atoms with Gasteiger partial charge in [-0.3, -0.25) is 0 Å². The van der Waals surface area contributed by atoms with Crippen LogP contribution in [-0.4, -0.2) is 44.6 Å². The van der Waals surface area contributed by atoms with Crippen LogP contribution in [0.15, 0.2) is 12.4 Å². The normalized spacial score (nSPS) is 12.3. The molecule has 2 amide bonds. The van der Waals surface area contributed by atoms with Crippen LogP contribution in [0.4, 0.5) is 4.79 Å². The van der Waals surface area contributed by atoms with E-state index in [1.54, 1.807) is 37.9 Å². The fourth-order valence-electron chi connectivity index (χ4n) is 1.59. The van der Waals surface area contributed by atoms with Crippen LogP contribution < -0.4 is 5.32 Å². The number of aromatic nitrogens is 2. The Bertz CT molecular complexity index is 456. The number of carboxylic acid groups (broad SMARTS) is 1. The Balaban J connectivity index is 2.62. The molecule has 1 heterocycles. The predicted molar refractivity (Wildman–Crippen MR) is 69.5 cm³/mol. The number of nitrogens with one attached hydrogen (secondary N) is 1. The van der Waals surface area contributed by atoms with Crippen molar-refractivity contribution < 1.29 is 14.7 Å².